The fraction of sp³-hybridized carbons (Fsp3) is 0.300. The minimum Gasteiger partial charge on any atom is -0.466 e. The Morgan fingerprint density at radius 2 is 2.04 bits per heavy atom. The Balaban J connectivity index is 2.68. The summed E-state index contributed by atoms with van der Waals surface area (Å²) in [5, 5.41) is 18.5. The van der Waals surface area contributed by atoms with Gasteiger partial charge in [-0.25, -0.2) is 4.79 Å². The van der Waals surface area contributed by atoms with Crippen LogP contribution in [0.5, 0.6) is 0 Å². The van der Waals surface area contributed by atoms with Crippen molar-refractivity contribution in [3.63, 3.8) is 0 Å². The highest BCUT2D eigenvalue weighted by atomic mass is 16.6. The fourth-order valence-electron chi connectivity index (χ4n) is 3.24. The maximum Gasteiger partial charge on any atom is 0.336 e. The van der Waals surface area contributed by atoms with E-state index in [1.54, 1.807) is 32.1 Å². The Morgan fingerprint density at radius 1 is 1.36 bits per heavy atom. The number of carbonyl (C=O) groups excluding carboxylic acids is 1. The lowest BCUT2D eigenvalue weighted by molar-refractivity contribution is -0.384. The van der Waals surface area contributed by atoms with Crippen LogP contribution in [0.15, 0.2) is 64.6 Å². The van der Waals surface area contributed by atoms with Crippen LogP contribution in [0.3, 0.4) is 0 Å². The van der Waals surface area contributed by atoms with Crippen molar-refractivity contribution in [1.82, 2.24) is 5.32 Å². The van der Waals surface area contributed by atoms with Crippen molar-refractivity contribution >= 4 is 17.4 Å². The second-order valence-electron chi connectivity index (χ2n) is 6.24. The van der Waals surface area contributed by atoms with Gasteiger partial charge in [-0.15, -0.1) is 0 Å². The molecule has 1 unspecified atom stereocenters. The minimum atomic E-state index is -0.593. The molecule has 0 amide bonds. The Bertz CT molecular complexity index is 899. The van der Waals surface area contributed by atoms with Gasteiger partial charge in [0, 0.05) is 35.0 Å². The topological polar surface area (TPSA) is 103 Å². The predicted octanol–water partition coefficient (Wildman–Crippen LogP) is 3.58. The predicted molar refractivity (Wildman–Crippen MR) is 106 cm³/mol. The van der Waals surface area contributed by atoms with Crippen LogP contribution in [0.4, 0.5) is 5.69 Å². The van der Waals surface area contributed by atoms with Crippen molar-refractivity contribution in [2.75, 3.05) is 13.7 Å². The molecule has 0 fully saturated rings. The molecule has 0 saturated carbocycles. The van der Waals surface area contributed by atoms with Crippen LogP contribution in [0, 0.1) is 10.1 Å². The maximum atomic E-state index is 12.6. The monoisotopic (exact) mass is 385 g/mol. The zero-order valence-electron chi connectivity index (χ0n) is 16.3. The van der Waals surface area contributed by atoms with Crippen molar-refractivity contribution < 1.29 is 19.3 Å². The van der Waals surface area contributed by atoms with Crippen LogP contribution in [0.1, 0.15) is 32.3 Å². The Kier molecular flexibility index (Phi) is 6.70. The molecule has 8 nitrogen and oxygen atoms in total. The molecular weight excluding hydrogens is 362 g/mol. The van der Waals surface area contributed by atoms with Gasteiger partial charge in [0.2, 0.25) is 0 Å². The van der Waals surface area contributed by atoms with Gasteiger partial charge in [-0.05, 0) is 26.3 Å². The van der Waals surface area contributed by atoms with Crippen LogP contribution in [0.2, 0.25) is 0 Å². The first kappa shape index (κ1) is 20.9. The summed E-state index contributed by atoms with van der Waals surface area (Å²) in [4.78, 5) is 28.5. The van der Waals surface area contributed by atoms with Crippen molar-refractivity contribution in [2.24, 2.45) is 5.16 Å². The third-order valence-electron chi connectivity index (χ3n) is 4.36. The fourth-order valence-corrected chi connectivity index (χ4v) is 3.24. The molecule has 0 radical (unpaired) electrons. The molecule has 1 aliphatic rings. The number of rotatable bonds is 7. The number of dihydropyridines is 1. The Labute approximate surface area is 163 Å². The van der Waals surface area contributed by atoms with Crippen LogP contribution in [-0.4, -0.2) is 30.3 Å². The third-order valence-corrected chi connectivity index (χ3v) is 4.36. The molecule has 1 heterocycles. The van der Waals surface area contributed by atoms with E-state index in [2.05, 4.69) is 17.1 Å². The first-order valence-electron chi connectivity index (χ1n) is 8.60. The molecule has 1 N–H and O–H groups in total. The number of nitrogens with one attached hydrogen (secondary N) is 1. The summed E-state index contributed by atoms with van der Waals surface area (Å²) in [5.74, 6) is -1.11. The molecule has 0 saturated heterocycles. The largest absolute Gasteiger partial charge is 0.466 e. The maximum absolute atomic E-state index is 12.6. The molecule has 1 aromatic rings. The summed E-state index contributed by atoms with van der Waals surface area (Å²) in [5.41, 5.74) is 3.50. The highest BCUT2D eigenvalue weighted by molar-refractivity contribution is 6.04. The lowest BCUT2D eigenvalue weighted by atomic mass is 9.78. The number of methoxy groups -OCH3 is 1. The van der Waals surface area contributed by atoms with Crippen LogP contribution < -0.4 is 5.32 Å². The van der Waals surface area contributed by atoms with Crippen LogP contribution in [0.25, 0.3) is 0 Å². The van der Waals surface area contributed by atoms with Crippen molar-refractivity contribution in [3.8, 4) is 0 Å². The van der Waals surface area contributed by atoms with E-state index in [0.717, 1.165) is 5.70 Å². The normalized spacial score (nSPS) is 17.1. The number of ether oxygens (including phenoxy) is 1. The van der Waals surface area contributed by atoms with Gasteiger partial charge in [-0.1, -0.05) is 29.9 Å². The van der Waals surface area contributed by atoms with E-state index in [4.69, 9.17) is 9.57 Å². The molecular formula is C20H23N3O5. The summed E-state index contributed by atoms with van der Waals surface area (Å²) in [7, 11) is 1.30. The summed E-state index contributed by atoms with van der Waals surface area (Å²) in [6.45, 7) is 9.18. The Morgan fingerprint density at radius 3 is 2.64 bits per heavy atom. The average Bonchev–Trinajstić information content (AvgIpc) is 2.67. The van der Waals surface area contributed by atoms with Gasteiger partial charge in [-0.2, -0.15) is 0 Å². The van der Waals surface area contributed by atoms with Crippen molar-refractivity contribution in [1.29, 1.82) is 0 Å². The highest BCUT2D eigenvalue weighted by Gasteiger charge is 2.35. The molecule has 0 spiro atoms. The van der Waals surface area contributed by atoms with E-state index < -0.39 is 16.8 Å². The lowest BCUT2D eigenvalue weighted by Crippen LogP contribution is -2.31. The molecule has 0 aliphatic carbocycles. The van der Waals surface area contributed by atoms with Gasteiger partial charge in [0.25, 0.3) is 5.69 Å². The van der Waals surface area contributed by atoms with E-state index in [1.165, 1.54) is 19.2 Å². The average molecular weight is 385 g/mol. The Hall–Kier alpha value is -3.42. The number of oxime groups is 1. The summed E-state index contributed by atoms with van der Waals surface area (Å²) in [6.07, 6.45) is 1.57. The van der Waals surface area contributed by atoms with Gasteiger partial charge in [0.15, 0.2) is 0 Å². The molecule has 28 heavy (non-hydrogen) atoms. The molecule has 2 rings (SSSR count). The molecule has 148 valence electrons. The SMILES string of the molecule is C=CCON=C(C)C1=C(C)NC(C)=C(C(=O)OC)C1c1cccc([N+](=O)[O-])c1. The minimum absolute atomic E-state index is 0.0626. The molecule has 1 atom stereocenters. The number of hydrogen-bond donors (Lipinski definition) is 1. The third kappa shape index (κ3) is 4.28. The van der Waals surface area contributed by atoms with E-state index in [0.29, 0.717) is 28.1 Å². The van der Waals surface area contributed by atoms with Crippen LogP contribution >= 0.6 is 0 Å². The smallest absolute Gasteiger partial charge is 0.336 e. The number of nitro benzene ring substituents is 1. The summed E-state index contributed by atoms with van der Waals surface area (Å²) in [6, 6.07) is 6.19. The summed E-state index contributed by atoms with van der Waals surface area (Å²) >= 11 is 0. The van der Waals surface area contributed by atoms with Crippen molar-refractivity contribution in [2.45, 2.75) is 26.7 Å². The first-order chi connectivity index (χ1) is 13.3. The second-order valence-corrected chi connectivity index (χ2v) is 6.24. The van der Waals surface area contributed by atoms with Gasteiger partial charge in [0.1, 0.15) is 6.61 Å². The van der Waals surface area contributed by atoms with Crippen molar-refractivity contribution in [3.05, 3.63) is 75.1 Å². The quantitative estimate of drug-likeness (QED) is 0.192. The second kappa shape index (κ2) is 8.98. The molecule has 1 aromatic carbocycles. The number of carbonyl (C=O) groups is 1. The van der Waals surface area contributed by atoms with Gasteiger partial charge in [0.05, 0.1) is 23.3 Å². The van der Waals surface area contributed by atoms with E-state index in [1.807, 2.05) is 6.92 Å². The van der Waals surface area contributed by atoms with Gasteiger partial charge < -0.3 is 14.9 Å². The molecule has 8 heteroatoms. The van der Waals surface area contributed by atoms with Gasteiger partial charge in [-0.3, -0.25) is 10.1 Å². The summed E-state index contributed by atoms with van der Waals surface area (Å²) < 4.78 is 4.97. The van der Waals surface area contributed by atoms with E-state index in [9.17, 15) is 14.9 Å². The van der Waals surface area contributed by atoms with Gasteiger partial charge >= 0.3 is 5.97 Å². The standard InChI is InChI=1S/C20H23N3O5/c1-6-10-28-22-14(4)17-12(2)21-13(3)18(20(24)27-5)19(17)15-8-7-9-16(11-15)23(25)26/h6-9,11,19,21H,1,10H2,2-5H3. The number of nitrogens with zero attached hydrogens (tertiary/aromatic N) is 2. The lowest BCUT2D eigenvalue weighted by Gasteiger charge is -2.31. The number of hydrogen-bond acceptors (Lipinski definition) is 7. The number of nitro groups is 1. The number of benzene rings is 1. The number of non-ortho nitro benzene ring substituents is 1. The number of esters is 1. The van der Waals surface area contributed by atoms with E-state index in [-0.39, 0.29) is 12.3 Å². The highest BCUT2D eigenvalue weighted by Crippen LogP contribution is 2.40. The zero-order chi connectivity index (χ0) is 20.8. The van der Waals surface area contributed by atoms with Crippen LogP contribution in [-0.2, 0) is 14.4 Å². The molecule has 0 bridgehead atoms. The van der Waals surface area contributed by atoms with E-state index >= 15 is 0 Å². The number of allylic oxidation sites excluding steroid dienone is 3. The molecule has 0 aromatic heterocycles. The molecule has 1 aliphatic heterocycles. The zero-order valence-corrected chi connectivity index (χ0v) is 16.3. The first-order valence-corrected chi connectivity index (χ1v) is 8.60.